The topological polar surface area (TPSA) is 53.3 Å². The first-order valence-corrected chi connectivity index (χ1v) is 9.98. The normalized spacial score (nSPS) is 18.8. The number of carbonyl (C=O) groups is 1. The molecule has 0 N–H and O–H groups in total. The first kappa shape index (κ1) is 18.9. The van der Waals surface area contributed by atoms with E-state index < -0.39 is 0 Å². The van der Waals surface area contributed by atoms with Gasteiger partial charge in [-0.15, -0.1) is 0 Å². The average Bonchev–Trinajstić information content (AvgIpc) is 3.11. The van der Waals surface area contributed by atoms with Gasteiger partial charge >= 0.3 is 5.97 Å². The highest BCUT2D eigenvalue weighted by Gasteiger charge is 2.20. The van der Waals surface area contributed by atoms with Crippen LogP contribution >= 0.6 is 0 Å². The molecule has 5 nitrogen and oxygen atoms in total. The highest BCUT2D eigenvalue weighted by molar-refractivity contribution is 5.82. The Labute approximate surface area is 155 Å². The number of hydrogen-bond acceptors (Lipinski definition) is 4. The highest BCUT2D eigenvalue weighted by Crippen LogP contribution is 2.28. The van der Waals surface area contributed by atoms with Gasteiger partial charge in [-0.2, -0.15) is 5.10 Å². The van der Waals surface area contributed by atoms with Gasteiger partial charge < -0.3 is 9.47 Å². The van der Waals surface area contributed by atoms with Gasteiger partial charge in [-0.25, -0.2) is 4.68 Å². The third kappa shape index (κ3) is 4.26. The van der Waals surface area contributed by atoms with Crippen molar-refractivity contribution in [2.45, 2.75) is 65.0 Å². The lowest BCUT2D eigenvalue weighted by atomic mass is 9.96. The number of aryl methyl sites for hydroxylation is 1. The second kappa shape index (κ2) is 9.17. The van der Waals surface area contributed by atoms with Crippen molar-refractivity contribution in [3.05, 3.63) is 30.0 Å². The predicted molar refractivity (Wildman–Crippen MR) is 102 cm³/mol. The van der Waals surface area contributed by atoms with Crippen LogP contribution in [0.2, 0.25) is 0 Å². The van der Waals surface area contributed by atoms with Crippen molar-refractivity contribution in [1.82, 2.24) is 9.78 Å². The fourth-order valence-electron chi connectivity index (χ4n) is 3.78. The number of carbonyl (C=O) groups excluding carboxylic acids is 1. The summed E-state index contributed by atoms with van der Waals surface area (Å²) in [6.07, 6.45) is 9.00. The van der Waals surface area contributed by atoms with Crippen molar-refractivity contribution in [2.24, 2.45) is 5.92 Å². The molecule has 1 aromatic heterocycles. The summed E-state index contributed by atoms with van der Waals surface area (Å²) in [5.74, 6) is -0.0528. The van der Waals surface area contributed by atoms with Gasteiger partial charge in [0.1, 0.15) is 0 Å². The van der Waals surface area contributed by atoms with Crippen LogP contribution in [0.4, 0.5) is 0 Å². The molecular weight excluding hydrogens is 328 g/mol. The van der Waals surface area contributed by atoms with Crippen molar-refractivity contribution in [3.63, 3.8) is 0 Å². The largest absolute Gasteiger partial charge is 0.466 e. The number of aromatic nitrogens is 2. The van der Waals surface area contributed by atoms with Gasteiger partial charge in [-0.05, 0) is 63.5 Å². The Balaban J connectivity index is 1.67. The number of fused-ring (bicyclic) bond motifs is 1. The van der Waals surface area contributed by atoms with Gasteiger partial charge in [0.2, 0.25) is 0 Å². The Hall–Kier alpha value is -1.88. The van der Waals surface area contributed by atoms with E-state index >= 15 is 0 Å². The van der Waals surface area contributed by atoms with Crippen LogP contribution in [-0.4, -0.2) is 29.0 Å². The summed E-state index contributed by atoms with van der Waals surface area (Å²) < 4.78 is 13.1. The summed E-state index contributed by atoms with van der Waals surface area (Å²) in [5.41, 5.74) is 2.44. The summed E-state index contributed by atoms with van der Waals surface area (Å²) in [6, 6.07) is 6.39. The minimum Gasteiger partial charge on any atom is -0.466 e. The number of esters is 1. The van der Waals surface area contributed by atoms with E-state index in [9.17, 15) is 4.79 Å². The molecule has 5 heteroatoms. The van der Waals surface area contributed by atoms with Crippen LogP contribution in [0.1, 0.15) is 64.2 Å². The number of benzene rings is 1. The van der Waals surface area contributed by atoms with Crippen LogP contribution in [0.3, 0.4) is 0 Å². The first-order valence-electron chi connectivity index (χ1n) is 9.98. The molecule has 3 rings (SSSR count). The predicted octanol–water partition coefficient (Wildman–Crippen LogP) is 4.65. The molecule has 0 saturated carbocycles. The van der Waals surface area contributed by atoms with Gasteiger partial charge in [0.15, 0.2) is 6.23 Å². The van der Waals surface area contributed by atoms with E-state index in [-0.39, 0.29) is 18.1 Å². The third-order valence-corrected chi connectivity index (χ3v) is 5.27. The van der Waals surface area contributed by atoms with E-state index in [1.807, 2.05) is 17.8 Å². The van der Waals surface area contributed by atoms with Crippen LogP contribution in [0.25, 0.3) is 10.9 Å². The van der Waals surface area contributed by atoms with E-state index in [0.29, 0.717) is 6.61 Å². The smallest absolute Gasteiger partial charge is 0.308 e. The van der Waals surface area contributed by atoms with Crippen LogP contribution in [0.5, 0.6) is 0 Å². The van der Waals surface area contributed by atoms with Crippen molar-refractivity contribution >= 4 is 16.9 Å². The van der Waals surface area contributed by atoms with E-state index in [1.165, 1.54) is 17.4 Å². The molecule has 2 atom stereocenters. The maximum Gasteiger partial charge on any atom is 0.308 e. The SMILES string of the molecule is CCOC(=O)C(CC)CCCc1cccc2c1cnn2C1CCCCO1. The summed E-state index contributed by atoms with van der Waals surface area (Å²) in [6.45, 7) is 5.19. The molecule has 0 amide bonds. The number of ether oxygens (including phenoxy) is 2. The Morgan fingerprint density at radius 3 is 3.00 bits per heavy atom. The van der Waals surface area contributed by atoms with Crippen LogP contribution < -0.4 is 0 Å². The minimum absolute atomic E-state index is 0.00696. The van der Waals surface area contributed by atoms with E-state index in [2.05, 4.69) is 30.2 Å². The van der Waals surface area contributed by atoms with E-state index in [0.717, 1.165) is 50.6 Å². The summed E-state index contributed by atoms with van der Waals surface area (Å²) in [4.78, 5) is 12.0. The second-order valence-corrected chi connectivity index (χ2v) is 7.01. The van der Waals surface area contributed by atoms with Gasteiger partial charge in [-0.3, -0.25) is 4.79 Å². The Morgan fingerprint density at radius 2 is 2.27 bits per heavy atom. The lowest BCUT2D eigenvalue weighted by Crippen LogP contribution is -2.18. The summed E-state index contributed by atoms with van der Waals surface area (Å²) in [5, 5.41) is 5.81. The Morgan fingerprint density at radius 1 is 1.38 bits per heavy atom. The quantitative estimate of drug-likeness (QED) is 0.645. The minimum atomic E-state index is -0.0597. The average molecular weight is 358 g/mol. The zero-order valence-electron chi connectivity index (χ0n) is 15.9. The monoisotopic (exact) mass is 358 g/mol. The molecule has 1 aliphatic heterocycles. The fraction of sp³-hybridized carbons (Fsp3) is 0.619. The van der Waals surface area contributed by atoms with Crippen molar-refractivity contribution in [2.75, 3.05) is 13.2 Å². The van der Waals surface area contributed by atoms with Crippen LogP contribution in [-0.2, 0) is 20.7 Å². The molecule has 0 aliphatic carbocycles. The third-order valence-electron chi connectivity index (χ3n) is 5.27. The van der Waals surface area contributed by atoms with Gasteiger partial charge in [-0.1, -0.05) is 19.1 Å². The molecule has 2 heterocycles. The molecule has 0 spiro atoms. The molecule has 1 saturated heterocycles. The van der Waals surface area contributed by atoms with Gasteiger partial charge in [0.25, 0.3) is 0 Å². The summed E-state index contributed by atoms with van der Waals surface area (Å²) in [7, 11) is 0. The molecule has 0 radical (unpaired) electrons. The standard InChI is InChI=1S/C21H30N2O3/c1-3-16(21(24)25-4-2)9-7-10-17-11-8-12-19-18(17)15-22-23(19)20-13-5-6-14-26-20/h8,11-12,15-16,20H,3-7,9-10,13-14H2,1-2H3. The molecule has 1 fully saturated rings. The molecule has 2 unspecified atom stereocenters. The number of rotatable bonds is 8. The van der Waals surface area contributed by atoms with Crippen LogP contribution in [0.15, 0.2) is 24.4 Å². The lowest BCUT2D eigenvalue weighted by molar-refractivity contribution is -0.148. The highest BCUT2D eigenvalue weighted by atomic mass is 16.5. The van der Waals surface area contributed by atoms with Gasteiger partial charge in [0.05, 0.1) is 24.2 Å². The zero-order valence-corrected chi connectivity index (χ0v) is 15.9. The zero-order chi connectivity index (χ0) is 18.4. The molecular formula is C21H30N2O3. The maximum absolute atomic E-state index is 12.0. The number of nitrogens with zero attached hydrogens (tertiary/aromatic N) is 2. The Kier molecular flexibility index (Phi) is 6.67. The maximum atomic E-state index is 12.0. The fourth-order valence-corrected chi connectivity index (χ4v) is 3.78. The van der Waals surface area contributed by atoms with Crippen molar-refractivity contribution < 1.29 is 14.3 Å². The van der Waals surface area contributed by atoms with Crippen LogP contribution in [0, 0.1) is 5.92 Å². The van der Waals surface area contributed by atoms with Crippen molar-refractivity contribution in [3.8, 4) is 0 Å². The number of hydrogen-bond donors (Lipinski definition) is 0. The molecule has 142 valence electrons. The van der Waals surface area contributed by atoms with Gasteiger partial charge in [0, 0.05) is 12.0 Å². The molecule has 26 heavy (non-hydrogen) atoms. The first-order chi connectivity index (χ1) is 12.7. The molecule has 1 aliphatic rings. The van der Waals surface area contributed by atoms with Crippen molar-refractivity contribution in [1.29, 1.82) is 0 Å². The molecule has 1 aromatic carbocycles. The molecule has 2 aromatic rings. The van der Waals surface area contributed by atoms with E-state index in [1.54, 1.807) is 0 Å². The molecule has 0 bridgehead atoms. The van der Waals surface area contributed by atoms with E-state index in [4.69, 9.17) is 9.47 Å². The lowest BCUT2D eigenvalue weighted by Gasteiger charge is -2.23. The second-order valence-electron chi connectivity index (χ2n) is 7.01. The Bertz CT molecular complexity index is 719. The summed E-state index contributed by atoms with van der Waals surface area (Å²) >= 11 is 0.